The highest BCUT2D eigenvalue weighted by molar-refractivity contribution is 7.98. The smallest absolute Gasteiger partial charge is 0.00971 e. The summed E-state index contributed by atoms with van der Waals surface area (Å²) in [5.74, 6) is 1.74. The Hall–Kier alpha value is -1.21. The molecule has 0 radical (unpaired) electrons. The van der Waals surface area contributed by atoms with Crippen molar-refractivity contribution in [2.24, 2.45) is 0 Å². The molecular weight excluding hydrogens is 224 g/mol. The predicted octanol–water partition coefficient (Wildman–Crippen LogP) is 4.57. The van der Waals surface area contributed by atoms with Crippen LogP contribution in [0.3, 0.4) is 0 Å². The summed E-state index contributed by atoms with van der Waals surface area (Å²) in [4.78, 5) is 0. The number of hydrogen-bond donors (Lipinski definition) is 0. The van der Waals surface area contributed by atoms with Crippen LogP contribution in [0.25, 0.3) is 0 Å². The molecule has 0 bridgehead atoms. The van der Waals surface area contributed by atoms with Crippen molar-refractivity contribution in [3.8, 4) is 0 Å². The van der Waals surface area contributed by atoms with E-state index in [0.29, 0.717) is 5.92 Å². The van der Waals surface area contributed by atoms with E-state index in [0.717, 1.165) is 0 Å². The van der Waals surface area contributed by atoms with Gasteiger partial charge in [0.15, 0.2) is 0 Å². The van der Waals surface area contributed by atoms with Crippen molar-refractivity contribution in [2.75, 3.05) is 12.0 Å². The lowest BCUT2D eigenvalue weighted by atomic mass is 9.89. The molecule has 2 aromatic carbocycles. The van der Waals surface area contributed by atoms with Gasteiger partial charge < -0.3 is 0 Å². The van der Waals surface area contributed by atoms with Gasteiger partial charge in [-0.2, -0.15) is 11.8 Å². The van der Waals surface area contributed by atoms with Crippen LogP contribution in [0, 0.1) is 0 Å². The van der Waals surface area contributed by atoms with Crippen LogP contribution in [-0.2, 0) is 0 Å². The van der Waals surface area contributed by atoms with Crippen LogP contribution >= 0.6 is 11.8 Å². The molecule has 88 valence electrons. The topological polar surface area (TPSA) is 0 Å². The Kier molecular flexibility index (Phi) is 4.69. The monoisotopic (exact) mass is 242 g/mol. The van der Waals surface area contributed by atoms with Crippen LogP contribution in [0.15, 0.2) is 60.7 Å². The molecule has 0 saturated carbocycles. The summed E-state index contributed by atoms with van der Waals surface area (Å²) in [6.07, 6.45) is 3.38. The minimum atomic E-state index is 0.532. The fraction of sp³-hybridized carbons (Fsp3) is 0.250. The highest BCUT2D eigenvalue weighted by Gasteiger charge is 2.12. The highest BCUT2D eigenvalue weighted by Crippen LogP contribution is 2.28. The Morgan fingerprint density at radius 2 is 1.29 bits per heavy atom. The third kappa shape index (κ3) is 3.37. The van der Waals surface area contributed by atoms with E-state index in [-0.39, 0.29) is 0 Å². The first-order valence-corrected chi connectivity index (χ1v) is 7.40. The first kappa shape index (κ1) is 12.3. The summed E-state index contributed by atoms with van der Waals surface area (Å²) >= 11 is 1.92. The van der Waals surface area contributed by atoms with E-state index in [9.17, 15) is 0 Å². The molecule has 0 saturated heterocycles. The number of rotatable bonds is 5. The van der Waals surface area contributed by atoms with Gasteiger partial charge in [0.25, 0.3) is 0 Å². The fourth-order valence-corrected chi connectivity index (χ4v) is 2.60. The zero-order valence-corrected chi connectivity index (χ0v) is 11.0. The molecule has 2 aromatic rings. The molecule has 0 aromatic heterocycles. The lowest BCUT2D eigenvalue weighted by Crippen LogP contribution is -2.02. The molecule has 0 unspecified atom stereocenters. The quantitative estimate of drug-likeness (QED) is 0.740. The molecule has 0 spiro atoms. The summed E-state index contributed by atoms with van der Waals surface area (Å²) in [6.45, 7) is 0. The van der Waals surface area contributed by atoms with Crippen LogP contribution in [0.2, 0.25) is 0 Å². The minimum absolute atomic E-state index is 0.532. The van der Waals surface area contributed by atoms with Crippen molar-refractivity contribution in [3.05, 3.63) is 71.8 Å². The van der Waals surface area contributed by atoms with Crippen molar-refractivity contribution >= 4 is 11.8 Å². The molecule has 2 rings (SSSR count). The molecule has 0 aliphatic heterocycles. The molecule has 0 aliphatic carbocycles. The first-order chi connectivity index (χ1) is 8.42. The Morgan fingerprint density at radius 3 is 1.71 bits per heavy atom. The van der Waals surface area contributed by atoms with Crippen LogP contribution in [0.5, 0.6) is 0 Å². The zero-order chi connectivity index (χ0) is 11.9. The fourth-order valence-electron chi connectivity index (χ4n) is 2.13. The predicted molar refractivity (Wildman–Crippen MR) is 77.7 cm³/mol. The summed E-state index contributed by atoms with van der Waals surface area (Å²) in [7, 11) is 0. The van der Waals surface area contributed by atoms with E-state index in [2.05, 4.69) is 66.9 Å². The van der Waals surface area contributed by atoms with E-state index < -0.39 is 0 Å². The molecule has 0 heterocycles. The van der Waals surface area contributed by atoms with Gasteiger partial charge >= 0.3 is 0 Å². The molecule has 17 heavy (non-hydrogen) atoms. The van der Waals surface area contributed by atoms with E-state index in [4.69, 9.17) is 0 Å². The molecule has 0 amide bonds. The van der Waals surface area contributed by atoms with Crippen molar-refractivity contribution in [3.63, 3.8) is 0 Å². The molecule has 0 atom stereocenters. The average Bonchev–Trinajstić information content (AvgIpc) is 2.42. The number of thioether (sulfide) groups is 1. The Bertz CT molecular complexity index is 382. The highest BCUT2D eigenvalue weighted by atomic mass is 32.2. The van der Waals surface area contributed by atoms with E-state index in [1.807, 2.05) is 11.8 Å². The van der Waals surface area contributed by atoms with Crippen molar-refractivity contribution in [1.29, 1.82) is 0 Å². The largest absolute Gasteiger partial charge is 0.165 e. The van der Waals surface area contributed by atoms with E-state index in [1.54, 1.807) is 0 Å². The first-order valence-electron chi connectivity index (χ1n) is 6.00. The van der Waals surface area contributed by atoms with Gasteiger partial charge in [0.1, 0.15) is 0 Å². The number of hydrogen-bond acceptors (Lipinski definition) is 1. The van der Waals surface area contributed by atoms with Gasteiger partial charge in [-0.1, -0.05) is 60.7 Å². The average molecular weight is 242 g/mol. The summed E-state index contributed by atoms with van der Waals surface area (Å²) < 4.78 is 0. The minimum Gasteiger partial charge on any atom is -0.165 e. The van der Waals surface area contributed by atoms with Crippen LogP contribution < -0.4 is 0 Å². The molecule has 0 nitrogen and oxygen atoms in total. The van der Waals surface area contributed by atoms with Crippen LogP contribution in [0.1, 0.15) is 23.5 Å². The maximum absolute atomic E-state index is 2.23. The van der Waals surface area contributed by atoms with E-state index >= 15 is 0 Å². The molecule has 0 N–H and O–H groups in total. The standard InChI is InChI=1S/C16H18S/c1-17-13-12-16(14-8-4-2-5-9-14)15-10-6-3-7-11-15/h2-11,16H,12-13H2,1H3. The van der Waals surface area contributed by atoms with Gasteiger partial charge in [0.2, 0.25) is 0 Å². The lowest BCUT2D eigenvalue weighted by molar-refractivity contribution is 0.786. The zero-order valence-electron chi connectivity index (χ0n) is 10.2. The van der Waals surface area contributed by atoms with Crippen molar-refractivity contribution in [2.45, 2.75) is 12.3 Å². The van der Waals surface area contributed by atoms with Crippen LogP contribution in [-0.4, -0.2) is 12.0 Å². The Balaban J connectivity index is 2.26. The van der Waals surface area contributed by atoms with Gasteiger partial charge in [-0.15, -0.1) is 0 Å². The second-order valence-corrected chi connectivity index (χ2v) is 5.14. The van der Waals surface area contributed by atoms with Crippen molar-refractivity contribution < 1.29 is 0 Å². The summed E-state index contributed by atoms with van der Waals surface area (Å²) in [6, 6.07) is 21.6. The van der Waals surface area contributed by atoms with Gasteiger partial charge in [-0.3, -0.25) is 0 Å². The summed E-state index contributed by atoms with van der Waals surface area (Å²) in [5, 5.41) is 0. The summed E-state index contributed by atoms with van der Waals surface area (Å²) in [5.41, 5.74) is 2.85. The molecule has 1 heteroatoms. The second-order valence-electron chi connectivity index (χ2n) is 4.16. The molecular formula is C16H18S. The Labute approximate surface area is 108 Å². The van der Waals surface area contributed by atoms with Crippen molar-refractivity contribution in [1.82, 2.24) is 0 Å². The maximum Gasteiger partial charge on any atom is 0.00971 e. The lowest BCUT2D eigenvalue weighted by Gasteiger charge is -2.17. The Morgan fingerprint density at radius 1 is 0.824 bits per heavy atom. The van der Waals surface area contributed by atoms with Gasteiger partial charge in [-0.25, -0.2) is 0 Å². The molecule has 0 fully saturated rings. The maximum atomic E-state index is 2.23. The second kappa shape index (κ2) is 6.51. The van der Waals surface area contributed by atoms with E-state index in [1.165, 1.54) is 23.3 Å². The van der Waals surface area contributed by atoms with Gasteiger partial charge in [-0.05, 0) is 29.6 Å². The van der Waals surface area contributed by atoms with Gasteiger partial charge in [0, 0.05) is 5.92 Å². The molecule has 0 aliphatic rings. The van der Waals surface area contributed by atoms with Gasteiger partial charge in [0.05, 0.1) is 0 Å². The van der Waals surface area contributed by atoms with Crippen LogP contribution in [0.4, 0.5) is 0 Å². The number of benzene rings is 2. The third-order valence-electron chi connectivity index (χ3n) is 3.01. The SMILES string of the molecule is CSCCC(c1ccccc1)c1ccccc1. The normalized spacial score (nSPS) is 10.7. The third-order valence-corrected chi connectivity index (χ3v) is 3.66.